The molecule has 0 saturated carbocycles. The second-order valence-electron chi connectivity index (χ2n) is 5.16. The van der Waals surface area contributed by atoms with Crippen molar-refractivity contribution in [2.75, 3.05) is 19.8 Å². The minimum Gasteiger partial charge on any atom is -0.464 e. The van der Waals surface area contributed by atoms with E-state index in [1.54, 1.807) is 27.7 Å². The van der Waals surface area contributed by atoms with Crippen LogP contribution in [0.2, 0.25) is 0 Å². The number of rotatable bonds is 4. The molecule has 0 N–H and O–H groups in total. The molecule has 2 rings (SSSR count). The Morgan fingerprint density at radius 1 is 1.25 bits per heavy atom. The van der Waals surface area contributed by atoms with E-state index in [0.29, 0.717) is 6.61 Å². The van der Waals surface area contributed by atoms with E-state index in [1.165, 1.54) is 4.90 Å². The molecular formula is C13H21NO6. The summed E-state index contributed by atoms with van der Waals surface area (Å²) >= 11 is 0. The highest BCUT2D eigenvalue weighted by molar-refractivity contribution is 5.88. The average Bonchev–Trinajstić information content (AvgIpc) is 3.01. The molecule has 2 heterocycles. The van der Waals surface area contributed by atoms with Gasteiger partial charge in [0.2, 0.25) is 0 Å². The Balaban J connectivity index is 2.05. The van der Waals surface area contributed by atoms with Crippen molar-refractivity contribution < 1.29 is 28.5 Å². The lowest BCUT2D eigenvalue weighted by Crippen LogP contribution is -2.28. The van der Waals surface area contributed by atoms with Crippen LogP contribution in [0.4, 0.5) is 4.79 Å². The van der Waals surface area contributed by atoms with Crippen molar-refractivity contribution in [3.8, 4) is 0 Å². The van der Waals surface area contributed by atoms with E-state index >= 15 is 0 Å². The number of esters is 1. The maximum absolute atomic E-state index is 11.9. The number of amides is 1. The van der Waals surface area contributed by atoms with Crippen molar-refractivity contribution in [1.29, 1.82) is 0 Å². The lowest BCUT2D eigenvalue weighted by atomic mass is 10.2. The van der Waals surface area contributed by atoms with Crippen LogP contribution in [-0.4, -0.2) is 60.8 Å². The summed E-state index contributed by atoms with van der Waals surface area (Å²) in [5.74, 6) is -1.13. The lowest BCUT2D eigenvalue weighted by molar-refractivity contribution is -0.145. The summed E-state index contributed by atoms with van der Waals surface area (Å²) in [4.78, 5) is 25.1. The van der Waals surface area contributed by atoms with E-state index in [-0.39, 0.29) is 25.4 Å². The van der Waals surface area contributed by atoms with Gasteiger partial charge in [0.05, 0.1) is 25.9 Å². The van der Waals surface area contributed by atoms with Crippen LogP contribution in [0.1, 0.15) is 27.7 Å². The standard InChI is InChI=1S/C13H21NO6/c1-5-17-11(15)10-9(14(10)12(16)18-6-2)8-7-19-13(3,4)20-8/h8-10H,5-7H2,1-4H3/t8-,9-,10+,14?/m1/s1. The molecule has 0 radical (unpaired) electrons. The van der Waals surface area contributed by atoms with Gasteiger partial charge < -0.3 is 18.9 Å². The monoisotopic (exact) mass is 287 g/mol. The highest BCUT2D eigenvalue weighted by Gasteiger charge is 2.63. The van der Waals surface area contributed by atoms with E-state index in [0.717, 1.165) is 0 Å². The fourth-order valence-corrected chi connectivity index (χ4v) is 2.43. The molecule has 114 valence electrons. The van der Waals surface area contributed by atoms with E-state index in [2.05, 4.69) is 0 Å². The van der Waals surface area contributed by atoms with E-state index in [9.17, 15) is 9.59 Å². The van der Waals surface area contributed by atoms with Crippen LogP contribution in [0.5, 0.6) is 0 Å². The van der Waals surface area contributed by atoms with E-state index in [1.807, 2.05) is 0 Å². The van der Waals surface area contributed by atoms with Gasteiger partial charge in [-0.05, 0) is 27.7 Å². The second kappa shape index (κ2) is 5.57. The number of nitrogens with zero attached hydrogens (tertiary/aromatic N) is 1. The fraction of sp³-hybridized carbons (Fsp3) is 0.846. The van der Waals surface area contributed by atoms with Gasteiger partial charge in [-0.3, -0.25) is 4.90 Å². The topological polar surface area (TPSA) is 74.1 Å². The quantitative estimate of drug-likeness (QED) is 0.565. The van der Waals surface area contributed by atoms with Crippen LogP contribution in [0.25, 0.3) is 0 Å². The molecule has 0 aromatic rings. The Kier molecular flexibility index (Phi) is 4.19. The second-order valence-corrected chi connectivity index (χ2v) is 5.16. The zero-order chi connectivity index (χ0) is 14.9. The maximum Gasteiger partial charge on any atom is 0.411 e. The predicted octanol–water partition coefficient (Wildman–Crippen LogP) is 0.910. The summed E-state index contributed by atoms with van der Waals surface area (Å²) in [5.41, 5.74) is 0. The molecule has 2 saturated heterocycles. The van der Waals surface area contributed by atoms with E-state index in [4.69, 9.17) is 18.9 Å². The molecule has 2 fully saturated rings. The van der Waals surface area contributed by atoms with Crippen LogP contribution in [0, 0.1) is 0 Å². The molecule has 0 spiro atoms. The average molecular weight is 287 g/mol. The molecule has 0 unspecified atom stereocenters. The highest BCUT2D eigenvalue weighted by Crippen LogP contribution is 2.39. The highest BCUT2D eigenvalue weighted by atomic mass is 16.7. The summed E-state index contributed by atoms with van der Waals surface area (Å²) in [6, 6.07) is -1.02. The van der Waals surface area contributed by atoms with Crippen molar-refractivity contribution in [3.05, 3.63) is 0 Å². The summed E-state index contributed by atoms with van der Waals surface area (Å²) in [7, 11) is 0. The van der Waals surface area contributed by atoms with Crippen LogP contribution < -0.4 is 0 Å². The fourth-order valence-electron chi connectivity index (χ4n) is 2.43. The first-order chi connectivity index (χ1) is 9.41. The third-order valence-electron chi connectivity index (χ3n) is 3.27. The zero-order valence-corrected chi connectivity index (χ0v) is 12.3. The van der Waals surface area contributed by atoms with Gasteiger partial charge >= 0.3 is 12.1 Å². The van der Waals surface area contributed by atoms with E-state index < -0.39 is 23.9 Å². The molecule has 0 aromatic carbocycles. The van der Waals surface area contributed by atoms with Crippen molar-refractivity contribution >= 4 is 12.1 Å². The molecule has 3 atom stereocenters. The Morgan fingerprint density at radius 2 is 1.90 bits per heavy atom. The molecule has 0 bridgehead atoms. The van der Waals surface area contributed by atoms with Crippen molar-refractivity contribution in [3.63, 3.8) is 0 Å². The smallest absolute Gasteiger partial charge is 0.411 e. The van der Waals surface area contributed by atoms with Gasteiger partial charge in [0, 0.05) is 0 Å². The molecular weight excluding hydrogens is 266 g/mol. The molecule has 0 aromatic heterocycles. The Labute approximate surface area is 118 Å². The molecule has 1 amide bonds. The maximum atomic E-state index is 11.9. The van der Waals surface area contributed by atoms with Crippen molar-refractivity contribution in [2.24, 2.45) is 0 Å². The molecule has 2 aliphatic heterocycles. The third-order valence-corrected chi connectivity index (χ3v) is 3.27. The summed E-state index contributed by atoms with van der Waals surface area (Å²) in [6.45, 7) is 7.89. The Bertz CT molecular complexity index is 372. The lowest BCUT2D eigenvalue weighted by Gasteiger charge is -2.16. The van der Waals surface area contributed by atoms with Gasteiger partial charge in [-0.25, -0.2) is 9.59 Å². The van der Waals surface area contributed by atoms with Crippen LogP contribution in [0.3, 0.4) is 0 Å². The molecule has 20 heavy (non-hydrogen) atoms. The SMILES string of the molecule is CCOC(=O)[C@@H]1[C@@H]([C@H]2COC(C)(C)O2)N1C(=O)OCC. The first kappa shape index (κ1) is 15.1. The third kappa shape index (κ3) is 2.88. The minimum atomic E-state index is -0.702. The number of carbonyl (C=O) groups excluding carboxylic acids is 2. The van der Waals surface area contributed by atoms with Crippen LogP contribution in [-0.2, 0) is 23.7 Å². The summed E-state index contributed by atoms with van der Waals surface area (Å²) < 4.78 is 21.1. The largest absolute Gasteiger partial charge is 0.464 e. The minimum absolute atomic E-state index is 0.255. The normalized spacial score (nSPS) is 31.0. The van der Waals surface area contributed by atoms with Gasteiger partial charge in [-0.15, -0.1) is 0 Å². The van der Waals surface area contributed by atoms with Crippen LogP contribution in [0.15, 0.2) is 0 Å². The number of hydrogen-bond acceptors (Lipinski definition) is 6. The molecule has 7 heteroatoms. The van der Waals surface area contributed by atoms with Gasteiger partial charge in [0.25, 0.3) is 0 Å². The van der Waals surface area contributed by atoms with Gasteiger partial charge in [0.15, 0.2) is 11.8 Å². The van der Waals surface area contributed by atoms with Crippen molar-refractivity contribution in [2.45, 2.75) is 51.7 Å². The first-order valence-electron chi connectivity index (χ1n) is 6.84. The summed E-state index contributed by atoms with van der Waals surface area (Å²) in [6.07, 6.45) is -0.868. The Hall–Kier alpha value is -1.34. The van der Waals surface area contributed by atoms with Gasteiger partial charge in [-0.1, -0.05) is 0 Å². The zero-order valence-electron chi connectivity index (χ0n) is 12.3. The number of hydrogen-bond donors (Lipinski definition) is 0. The first-order valence-corrected chi connectivity index (χ1v) is 6.84. The molecule has 7 nitrogen and oxygen atoms in total. The predicted molar refractivity (Wildman–Crippen MR) is 68.0 cm³/mol. The van der Waals surface area contributed by atoms with Crippen LogP contribution >= 0.6 is 0 Å². The van der Waals surface area contributed by atoms with Crippen molar-refractivity contribution in [1.82, 2.24) is 4.90 Å². The molecule has 2 aliphatic rings. The Morgan fingerprint density at radius 3 is 2.40 bits per heavy atom. The number of carbonyl (C=O) groups is 2. The molecule has 0 aliphatic carbocycles. The summed E-state index contributed by atoms with van der Waals surface area (Å²) in [5, 5.41) is 0. The van der Waals surface area contributed by atoms with Gasteiger partial charge in [-0.2, -0.15) is 0 Å². The van der Waals surface area contributed by atoms with Gasteiger partial charge in [0.1, 0.15) is 6.10 Å². The number of ether oxygens (including phenoxy) is 4.